The van der Waals surface area contributed by atoms with Gasteiger partial charge in [-0.3, -0.25) is 0 Å². The maximum atomic E-state index is 13.3. The first-order chi connectivity index (χ1) is 9.33. The second-order valence-electron chi connectivity index (χ2n) is 5.83. The third-order valence-corrected chi connectivity index (χ3v) is 7.23. The minimum atomic E-state index is -3.19. The molecule has 1 aromatic carbocycles. The molecule has 0 aromatic heterocycles. The second kappa shape index (κ2) is 4.49. The van der Waals surface area contributed by atoms with Crippen LogP contribution in [0.15, 0.2) is 18.2 Å². The minimum absolute atomic E-state index is 0.0664. The molecule has 0 amide bonds. The maximum Gasteiger partial charge on any atom is 0.159 e. The van der Waals surface area contributed by atoms with Gasteiger partial charge in [0, 0.05) is 0 Å². The zero-order valence-corrected chi connectivity index (χ0v) is 11.7. The van der Waals surface area contributed by atoms with E-state index in [1.165, 1.54) is 6.07 Å². The highest BCUT2D eigenvalue weighted by molar-refractivity contribution is 7.92. The highest BCUT2D eigenvalue weighted by atomic mass is 32.2. The first-order valence-electron chi connectivity index (χ1n) is 6.73. The van der Waals surface area contributed by atoms with Crippen LogP contribution in [0.1, 0.15) is 37.7 Å². The van der Waals surface area contributed by atoms with Gasteiger partial charge in [-0.05, 0) is 43.4 Å². The van der Waals surface area contributed by atoms with E-state index in [1.807, 2.05) is 0 Å². The molecule has 2 unspecified atom stereocenters. The third-order valence-electron chi connectivity index (χ3n) is 4.57. The molecular weight excluding hydrogens is 286 g/mol. The van der Waals surface area contributed by atoms with Crippen LogP contribution in [-0.4, -0.2) is 24.0 Å². The lowest BCUT2D eigenvalue weighted by atomic mass is 9.80. The number of aliphatic hydroxyl groups is 1. The molecule has 0 spiro atoms. The Kier molecular flexibility index (Phi) is 3.14. The van der Waals surface area contributed by atoms with E-state index in [1.54, 1.807) is 0 Å². The molecule has 0 saturated carbocycles. The smallest absolute Gasteiger partial charge is 0.159 e. The summed E-state index contributed by atoms with van der Waals surface area (Å²) in [6.07, 6.45) is 2.03. The van der Waals surface area contributed by atoms with Crippen LogP contribution >= 0.6 is 0 Å². The molecule has 2 aliphatic heterocycles. The summed E-state index contributed by atoms with van der Waals surface area (Å²) in [7, 11) is -3.19. The molecule has 3 rings (SSSR count). The van der Waals surface area contributed by atoms with Crippen LogP contribution in [0, 0.1) is 11.6 Å². The minimum Gasteiger partial charge on any atom is -0.385 e. The van der Waals surface area contributed by atoms with Crippen molar-refractivity contribution in [3.63, 3.8) is 0 Å². The molecule has 20 heavy (non-hydrogen) atoms. The number of hydrogen-bond acceptors (Lipinski definition) is 3. The van der Waals surface area contributed by atoms with Gasteiger partial charge >= 0.3 is 0 Å². The maximum absolute atomic E-state index is 13.3. The molecular formula is C14H16F2O3S. The number of rotatable bonds is 1. The Morgan fingerprint density at radius 1 is 1.10 bits per heavy atom. The molecule has 2 saturated heterocycles. The highest BCUT2D eigenvalue weighted by Crippen LogP contribution is 2.46. The van der Waals surface area contributed by atoms with Gasteiger partial charge in [-0.1, -0.05) is 12.5 Å². The van der Waals surface area contributed by atoms with Crippen molar-refractivity contribution in [1.29, 1.82) is 0 Å². The first kappa shape index (κ1) is 13.9. The van der Waals surface area contributed by atoms with Crippen molar-refractivity contribution in [2.24, 2.45) is 0 Å². The van der Waals surface area contributed by atoms with Crippen LogP contribution in [0.2, 0.25) is 0 Å². The first-order valence-corrected chi connectivity index (χ1v) is 8.34. The molecule has 1 aromatic rings. The van der Waals surface area contributed by atoms with Crippen LogP contribution in [0.3, 0.4) is 0 Å². The lowest BCUT2D eigenvalue weighted by Gasteiger charge is -2.44. The van der Waals surface area contributed by atoms with Crippen molar-refractivity contribution in [2.45, 2.75) is 48.2 Å². The number of halogens is 2. The van der Waals surface area contributed by atoms with Crippen molar-refractivity contribution >= 4 is 9.84 Å². The van der Waals surface area contributed by atoms with Crippen molar-refractivity contribution in [2.75, 3.05) is 0 Å². The number of sulfone groups is 1. The summed E-state index contributed by atoms with van der Waals surface area (Å²) in [6.45, 7) is 0. The third kappa shape index (κ3) is 2.05. The Balaban J connectivity index is 1.99. The normalized spacial score (nSPS) is 35.8. The van der Waals surface area contributed by atoms with Gasteiger partial charge in [-0.15, -0.1) is 0 Å². The zero-order valence-electron chi connectivity index (χ0n) is 10.9. The summed E-state index contributed by atoms with van der Waals surface area (Å²) in [4.78, 5) is 0. The van der Waals surface area contributed by atoms with E-state index in [2.05, 4.69) is 0 Å². The molecule has 2 fully saturated rings. The summed E-state index contributed by atoms with van der Waals surface area (Å²) in [5.41, 5.74) is -1.11. The fourth-order valence-electron chi connectivity index (χ4n) is 3.47. The van der Waals surface area contributed by atoms with E-state index in [9.17, 15) is 22.3 Å². The Morgan fingerprint density at radius 3 is 2.25 bits per heavy atom. The SMILES string of the molecule is O=S1(=O)C2CCCC1CC(O)(c1ccc(F)c(F)c1)C2. The monoisotopic (exact) mass is 302 g/mol. The van der Waals surface area contributed by atoms with Gasteiger partial charge in [-0.2, -0.15) is 0 Å². The van der Waals surface area contributed by atoms with Gasteiger partial charge in [0.1, 0.15) is 0 Å². The van der Waals surface area contributed by atoms with Gasteiger partial charge in [0.05, 0.1) is 16.1 Å². The number of fused-ring (bicyclic) bond motifs is 2. The fraction of sp³-hybridized carbons (Fsp3) is 0.571. The predicted molar refractivity (Wildman–Crippen MR) is 69.8 cm³/mol. The van der Waals surface area contributed by atoms with E-state index in [0.717, 1.165) is 18.6 Å². The van der Waals surface area contributed by atoms with Crippen LogP contribution in [0.4, 0.5) is 8.78 Å². The van der Waals surface area contributed by atoms with Gasteiger partial charge < -0.3 is 5.11 Å². The van der Waals surface area contributed by atoms with Crippen molar-refractivity contribution < 1.29 is 22.3 Å². The predicted octanol–water partition coefficient (Wildman–Crippen LogP) is 2.28. The Hall–Kier alpha value is -1.01. The quantitative estimate of drug-likeness (QED) is 0.866. The molecule has 0 aliphatic carbocycles. The topological polar surface area (TPSA) is 54.4 Å². The van der Waals surface area contributed by atoms with E-state index in [-0.39, 0.29) is 18.4 Å². The molecule has 2 atom stereocenters. The molecule has 2 aliphatic rings. The summed E-state index contributed by atoms with van der Waals surface area (Å²) in [5.74, 6) is -1.99. The van der Waals surface area contributed by atoms with Gasteiger partial charge in [0.2, 0.25) is 0 Å². The van der Waals surface area contributed by atoms with Crippen molar-refractivity contribution in [3.05, 3.63) is 35.4 Å². The zero-order chi connectivity index (χ0) is 14.5. The summed E-state index contributed by atoms with van der Waals surface area (Å²) >= 11 is 0. The van der Waals surface area contributed by atoms with Gasteiger partial charge in [0.25, 0.3) is 0 Å². The number of benzene rings is 1. The van der Waals surface area contributed by atoms with Gasteiger partial charge in [-0.25, -0.2) is 17.2 Å². The molecule has 2 bridgehead atoms. The standard InChI is InChI=1S/C14H16F2O3S/c15-12-5-4-9(6-13(12)16)14(17)7-10-2-1-3-11(8-14)20(10,18)19/h4-6,10-11,17H,1-3,7-8H2. The lowest BCUT2D eigenvalue weighted by Crippen LogP contribution is -2.50. The van der Waals surface area contributed by atoms with Crippen molar-refractivity contribution in [1.82, 2.24) is 0 Å². The number of hydrogen-bond donors (Lipinski definition) is 1. The van der Waals surface area contributed by atoms with E-state index in [0.29, 0.717) is 12.8 Å². The summed E-state index contributed by atoms with van der Waals surface area (Å²) in [5, 5.41) is 9.59. The molecule has 110 valence electrons. The molecule has 2 heterocycles. The van der Waals surface area contributed by atoms with Gasteiger partial charge in [0.15, 0.2) is 21.5 Å². The largest absolute Gasteiger partial charge is 0.385 e. The fourth-order valence-corrected chi connectivity index (χ4v) is 6.02. The van der Waals surface area contributed by atoms with Crippen molar-refractivity contribution in [3.8, 4) is 0 Å². The van der Waals surface area contributed by atoms with Crippen LogP contribution in [-0.2, 0) is 15.4 Å². The average molecular weight is 302 g/mol. The molecule has 6 heteroatoms. The Labute approximate surface area is 116 Å². The summed E-state index contributed by atoms with van der Waals surface area (Å²) < 4.78 is 50.7. The van der Waals surface area contributed by atoms with Crippen LogP contribution < -0.4 is 0 Å². The van der Waals surface area contributed by atoms with E-state index in [4.69, 9.17) is 0 Å². The van der Waals surface area contributed by atoms with E-state index >= 15 is 0 Å². The Morgan fingerprint density at radius 2 is 1.70 bits per heavy atom. The van der Waals surface area contributed by atoms with Crippen LogP contribution in [0.5, 0.6) is 0 Å². The molecule has 3 nitrogen and oxygen atoms in total. The Bertz CT molecular complexity index is 622. The van der Waals surface area contributed by atoms with E-state index < -0.39 is 37.6 Å². The van der Waals surface area contributed by atoms with Crippen LogP contribution in [0.25, 0.3) is 0 Å². The molecule has 1 N–H and O–H groups in total. The molecule has 0 radical (unpaired) electrons. The highest BCUT2D eigenvalue weighted by Gasteiger charge is 2.51. The summed E-state index contributed by atoms with van der Waals surface area (Å²) in [6, 6.07) is 3.29. The lowest BCUT2D eigenvalue weighted by molar-refractivity contribution is 0.00466. The second-order valence-corrected chi connectivity index (χ2v) is 8.34. The average Bonchev–Trinajstić information content (AvgIpc) is 2.35.